The predicted octanol–water partition coefficient (Wildman–Crippen LogP) is 3.45. The first kappa shape index (κ1) is 18.4. The van der Waals surface area contributed by atoms with Crippen LogP contribution < -0.4 is 0 Å². The van der Waals surface area contributed by atoms with Crippen LogP contribution in [0.25, 0.3) is 0 Å². The smallest absolute Gasteiger partial charge is 0.303 e. The molecular formula is C21H30O4. The minimum absolute atomic E-state index is 0.115. The fourth-order valence-corrected chi connectivity index (χ4v) is 4.75. The number of carbonyl (C=O) groups is 1. The highest BCUT2D eigenvalue weighted by atomic mass is 16.4. The summed E-state index contributed by atoms with van der Waals surface area (Å²) in [6.45, 7) is 1.93. The van der Waals surface area contributed by atoms with Gasteiger partial charge in [-0.3, -0.25) is 4.79 Å². The van der Waals surface area contributed by atoms with Gasteiger partial charge in [0.2, 0.25) is 0 Å². The van der Waals surface area contributed by atoms with Gasteiger partial charge in [0.25, 0.3) is 0 Å². The maximum absolute atomic E-state index is 10.7. The molecule has 3 fully saturated rings. The number of hydrogen-bond acceptors (Lipinski definition) is 3. The van der Waals surface area contributed by atoms with Crippen molar-refractivity contribution in [3.8, 4) is 0 Å². The summed E-state index contributed by atoms with van der Waals surface area (Å²) < 4.78 is 0. The Labute approximate surface area is 149 Å². The zero-order valence-electron chi connectivity index (χ0n) is 15.0. The van der Waals surface area contributed by atoms with Crippen molar-refractivity contribution in [2.24, 2.45) is 23.7 Å². The Hall–Kier alpha value is -1.35. The lowest BCUT2D eigenvalue weighted by Crippen LogP contribution is -2.31. The van der Waals surface area contributed by atoms with Crippen molar-refractivity contribution >= 4 is 5.97 Å². The number of aliphatic hydroxyl groups excluding tert-OH is 2. The Morgan fingerprint density at radius 3 is 2.72 bits per heavy atom. The molecule has 3 aliphatic carbocycles. The number of carboxylic acid groups (broad SMARTS) is 1. The lowest BCUT2D eigenvalue weighted by molar-refractivity contribution is -0.136. The minimum atomic E-state index is -0.778. The molecule has 0 bridgehead atoms. The lowest BCUT2D eigenvalue weighted by Gasteiger charge is -2.34. The van der Waals surface area contributed by atoms with E-state index in [4.69, 9.17) is 5.11 Å². The number of carboxylic acids is 1. The summed E-state index contributed by atoms with van der Waals surface area (Å²) >= 11 is 0. The standard InChI is InChI=1S/C21H30O4/c1-13(6-9-20(23)24)10-16-12-18-17(16)11-15(21(18)25)7-8-19(22)14-4-2-3-5-14/h7-8,14-15,17-19,21-22,25H,2-6,9,11-12H2,1H3,(H,23,24)/b8-7+. The molecule has 0 spiro atoms. The van der Waals surface area contributed by atoms with Crippen LogP contribution in [0.2, 0.25) is 0 Å². The summed E-state index contributed by atoms with van der Waals surface area (Å²) in [5.74, 6) is 0.396. The quantitative estimate of drug-likeness (QED) is 0.508. The van der Waals surface area contributed by atoms with Gasteiger partial charge in [0.1, 0.15) is 0 Å². The summed E-state index contributed by atoms with van der Waals surface area (Å²) in [6, 6.07) is 0. The highest BCUT2D eigenvalue weighted by Gasteiger charge is 2.49. The fraction of sp³-hybridized carbons (Fsp3) is 0.714. The molecule has 0 saturated heterocycles. The van der Waals surface area contributed by atoms with Crippen LogP contribution >= 0.6 is 0 Å². The van der Waals surface area contributed by atoms with Gasteiger partial charge in [0.05, 0.1) is 12.2 Å². The average Bonchev–Trinajstić information content (AvgIpc) is 3.17. The molecule has 0 aromatic heterocycles. The maximum atomic E-state index is 10.7. The van der Waals surface area contributed by atoms with Gasteiger partial charge in [-0.05, 0) is 67.9 Å². The van der Waals surface area contributed by atoms with Crippen LogP contribution in [0.4, 0.5) is 0 Å². The van der Waals surface area contributed by atoms with Gasteiger partial charge in [-0.15, -0.1) is 5.73 Å². The molecule has 4 heteroatoms. The number of fused-ring (bicyclic) bond motifs is 1. The van der Waals surface area contributed by atoms with E-state index in [0.717, 1.165) is 31.3 Å². The summed E-state index contributed by atoms with van der Waals surface area (Å²) in [5.41, 5.74) is 5.60. The molecule has 5 unspecified atom stereocenters. The Morgan fingerprint density at radius 2 is 2.04 bits per heavy atom. The highest BCUT2D eigenvalue weighted by Crippen LogP contribution is 2.53. The van der Waals surface area contributed by atoms with E-state index < -0.39 is 5.97 Å². The minimum Gasteiger partial charge on any atom is -0.481 e. The average molecular weight is 346 g/mol. The molecule has 0 heterocycles. The molecule has 5 atom stereocenters. The number of aliphatic carboxylic acids is 1. The van der Waals surface area contributed by atoms with Crippen molar-refractivity contribution in [3.05, 3.63) is 29.0 Å². The van der Waals surface area contributed by atoms with E-state index in [1.807, 2.05) is 19.1 Å². The second-order valence-electron chi connectivity index (χ2n) is 8.11. The van der Waals surface area contributed by atoms with Gasteiger partial charge < -0.3 is 15.3 Å². The number of aliphatic hydroxyl groups is 2. The Morgan fingerprint density at radius 1 is 1.32 bits per heavy atom. The van der Waals surface area contributed by atoms with E-state index in [-0.39, 0.29) is 24.5 Å². The molecule has 4 nitrogen and oxygen atoms in total. The SMILES string of the molecule is CC(=C=C1CC2C1CC(/C=C/C(O)C1CCCC1)C2O)CCC(=O)O. The Kier molecular flexibility index (Phi) is 5.83. The van der Waals surface area contributed by atoms with Crippen molar-refractivity contribution in [2.45, 2.75) is 70.5 Å². The highest BCUT2D eigenvalue weighted by molar-refractivity contribution is 5.67. The van der Waals surface area contributed by atoms with Gasteiger partial charge in [-0.2, -0.15) is 0 Å². The second kappa shape index (κ2) is 7.90. The molecule has 138 valence electrons. The molecule has 0 aliphatic heterocycles. The van der Waals surface area contributed by atoms with Gasteiger partial charge >= 0.3 is 5.97 Å². The van der Waals surface area contributed by atoms with Crippen molar-refractivity contribution in [3.63, 3.8) is 0 Å². The third-order valence-corrected chi connectivity index (χ3v) is 6.35. The van der Waals surface area contributed by atoms with E-state index in [1.54, 1.807) is 0 Å². The van der Waals surface area contributed by atoms with E-state index in [1.165, 1.54) is 18.4 Å². The third-order valence-electron chi connectivity index (χ3n) is 6.35. The van der Waals surface area contributed by atoms with E-state index in [2.05, 4.69) is 5.73 Å². The van der Waals surface area contributed by atoms with Crippen molar-refractivity contribution < 1.29 is 20.1 Å². The van der Waals surface area contributed by atoms with Crippen LogP contribution in [-0.2, 0) is 4.79 Å². The second-order valence-corrected chi connectivity index (χ2v) is 8.11. The van der Waals surface area contributed by atoms with Crippen LogP contribution in [-0.4, -0.2) is 33.5 Å². The van der Waals surface area contributed by atoms with E-state index in [9.17, 15) is 15.0 Å². The number of allylic oxidation sites excluding steroid dienone is 1. The van der Waals surface area contributed by atoms with Crippen molar-refractivity contribution in [1.29, 1.82) is 0 Å². The van der Waals surface area contributed by atoms with E-state index >= 15 is 0 Å². The van der Waals surface area contributed by atoms with Gasteiger partial charge in [0.15, 0.2) is 0 Å². The molecular weight excluding hydrogens is 316 g/mol. The van der Waals surface area contributed by atoms with E-state index in [0.29, 0.717) is 24.2 Å². The molecule has 0 aromatic rings. The summed E-state index contributed by atoms with van der Waals surface area (Å²) in [4.78, 5) is 10.7. The number of hydrogen-bond donors (Lipinski definition) is 3. The normalized spacial score (nSPS) is 33.2. The van der Waals surface area contributed by atoms with Crippen molar-refractivity contribution in [1.82, 2.24) is 0 Å². The summed E-state index contributed by atoms with van der Waals surface area (Å²) in [6.07, 6.45) is 10.3. The molecule has 0 amide bonds. The molecule has 0 aromatic carbocycles. The zero-order valence-corrected chi connectivity index (χ0v) is 15.0. The zero-order chi connectivity index (χ0) is 18.0. The van der Waals surface area contributed by atoms with Crippen LogP contribution in [0.15, 0.2) is 29.0 Å². The first-order chi connectivity index (χ1) is 12.0. The Balaban J connectivity index is 1.58. The first-order valence-electron chi connectivity index (χ1n) is 9.67. The monoisotopic (exact) mass is 346 g/mol. The first-order valence-corrected chi connectivity index (χ1v) is 9.67. The Bertz CT molecular complexity index is 593. The fourth-order valence-electron chi connectivity index (χ4n) is 4.75. The van der Waals surface area contributed by atoms with Crippen LogP contribution in [0.1, 0.15) is 58.3 Å². The summed E-state index contributed by atoms with van der Waals surface area (Å²) in [5, 5.41) is 29.6. The maximum Gasteiger partial charge on any atom is 0.303 e. The molecule has 0 radical (unpaired) electrons. The molecule has 25 heavy (non-hydrogen) atoms. The van der Waals surface area contributed by atoms with Gasteiger partial charge in [0, 0.05) is 12.3 Å². The number of rotatable bonds is 6. The van der Waals surface area contributed by atoms with Gasteiger partial charge in [-0.25, -0.2) is 0 Å². The largest absolute Gasteiger partial charge is 0.481 e. The van der Waals surface area contributed by atoms with Crippen LogP contribution in [0, 0.1) is 23.7 Å². The van der Waals surface area contributed by atoms with Crippen LogP contribution in [0.3, 0.4) is 0 Å². The molecule has 3 aliphatic rings. The molecule has 3 saturated carbocycles. The van der Waals surface area contributed by atoms with Crippen LogP contribution in [0.5, 0.6) is 0 Å². The molecule has 3 rings (SSSR count). The van der Waals surface area contributed by atoms with Gasteiger partial charge in [-0.1, -0.05) is 25.0 Å². The third kappa shape index (κ3) is 4.25. The topological polar surface area (TPSA) is 77.8 Å². The van der Waals surface area contributed by atoms with Crippen molar-refractivity contribution in [2.75, 3.05) is 0 Å². The predicted molar refractivity (Wildman–Crippen MR) is 95.9 cm³/mol. The summed E-state index contributed by atoms with van der Waals surface area (Å²) in [7, 11) is 0. The molecule has 3 N–H and O–H groups in total. The lowest BCUT2D eigenvalue weighted by atomic mass is 9.71.